The van der Waals surface area contributed by atoms with Crippen molar-refractivity contribution in [1.82, 2.24) is 43.6 Å². The second-order valence-electron chi connectivity index (χ2n) is 36.9. The first-order chi connectivity index (χ1) is 72.2. The molecule has 29 rings (SSSR count). The van der Waals surface area contributed by atoms with Crippen molar-refractivity contribution in [2.45, 2.75) is 26.7 Å². The normalized spacial score (nSPS) is 11.6. The van der Waals surface area contributed by atoms with E-state index < -0.39 is 0 Å². The lowest BCUT2D eigenvalue weighted by molar-refractivity contribution is 0.953. The topological polar surface area (TPSA) is 92.1 Å². The van der Waals surface area contributed by atoms with Crippen molar-refractivity contribution in [3.8, 4) is 152 Å². The van der Waals surface area contributed by atoms with Crippen LogP contribution in [0.1, 0.15) is 40.8 Å². The molecule has 3 aliphatic carbocycles. The Morgan fingerprint density at radius 3 is 0.789 bits per heavy atom. The van der Waals surface area contributed by atoms with Crippen LogP contribution in [0.4, 0.5) is 0 Å². The van der Waals surface area contributed by atoms with Gasteiger partial charge in [-0.05, 0) is 201 Å². The van der Waals surface area contributed by atoms with Crippen molar-refractivity contribution in [2.75, 3.05) is 0 Å². The fourth-order valence-electron chi connectivity index (χ4n) is 21.3. The van der Waals surface area contributed by atoms with Gasteiger partial charge in [-0.15, -0.1) is 0 Å². The minimum absolute atomic E-state index is 0. The van der Waals surface area contributed by atoms with Crippen LogP contribution in [0.3, 0.4) is 0 Å². The summed E-state index contributed by atoms with van der Waals surface area (Å²) in [6.45, 7) is 0. The van der Waals surface area contributed by atoms with Crippen LogP contribution in [0.2, 0.25) is 5.28 Å². The number of fused-ring (bicyclic) bond motifs is 21. The molecule has 0 radical (unpaired) electrons. The monoisotopic (exact) mass is 1970 g/mol. The highest BCUT2D eigenvalue weighted by Crippen LogP contribution is 2.50. The van der Waals surface area contributed by atoms with Gasteiger partial charge in [0, 0.05) is 76.8 Å². The fraction of sp³-hybridized carbons (Fsp3) is 0.0294. The van der Waals surface area contributed by atoms with Crippen molar-refractivity contribution in [1.29, 1.82) is 0 Å². The van der Waals surface area contributed by atoms with Gasteiger partial charge >= 0.3 is 0 Å². The number of para-hydroxylation sites is 3. The molecule has 0 spiro atoms. The molecule has 3 aliphatic rings. The van der Waals surface area contributed by atoms with Gasteiger partial charge in [0.15, 0.2) is 23.3 Å². The maximum Gasteiger partial charge on any atom is 0.238 e. The predicted octanol–water partition coefficient (Wildman–Crippen LogP) is 35.9. The summed E-state index contributed by atoms with van der Waals surface area (Å²) in [5.74, 6) is 2.94. The minimum Gasteiger partial charge on any atom is -0.309 e. The number of aromatic nitrogens is 9. The summed E-state index contributed by atoms with van der Waals surface area (Å²) in [6, 6.07) is 181. The molecular formula is C136H95BrClN9. The van der Waals surface area contributed by atoms with Crippen LogP contribution >= 0.6 is 27.5 Å². The Morgan fingerprint density at radius 1 is 0.184 bits per heavy atom. The van der Waals surface area contributed by atoms with Crippen LogP contribution in [0.15, 0.2) is 520 Å². The Labute approximate surface area is 867 Å². The zero-order valence-corrected chi connectivity index (χ0v) is 81.8. The zero-order valence-electron chi connectivity index (χ0n) is 79.5. The highest BCUT2D eigenvalue weighted by Gasteiger charge is 2.30. The number of halogens is 2. The van der Waals surface area contributed by atoms with Gasteiger partial charge in [-0.1, -0.05) is 484 Å². The van der Waals surface area contributed by atoms with E-state index in [0.29, 0.717) is 29.2 Å². The van der Waals surface area contributed by atoms with Crippen LogP contribution in [0.25, 0.3) is 217 Å². The Kier molecular flexibility index (Phi) is 25.0. The third-order valence-electron chi connectivity index (χ3n) is 28.3. The molecule has 21 aromatic carbocycles. The Bertz CT molecular complexity index is 9260. The average Bonchev–Trinajstić information content (AvgIpc) is 1.53. The smallest absolute Gasteiger partial charge is 0.238 e. The van der Waals surface area contributed by atoms with Crippen molar-refractivity contribution in [3.05, 3.63) is 559 Å². The van der Waals surface area contributed by atoms with E-state index >= 15 is 0 Å². The third kappa shape index (κ3) is 17.8. The van der Waals surface area contributed by atoms with Crippen molar-refractivity contribution in [2.24, 2.45) is 0 Å². The summed E-state index contributed by atoms with van der Waals surface area (Å²) in [5.41, 5.74) is 42.3. The molecule has 5 heterocycles. The number of hydrogen-bond acceptors (Lipinski definition) is 6. The molecule has 26 aromatic rings. The molecule has 0 N–H and O–H groups in total. The van der Waals surface area contributed by atoms with E-state index in [1.54, 1.807) is 11.1 Å². The van der Waals surface area contributed by atoms with Crippen LogP contribution in [-0.2, 0) is 19.3 Å². The summed E-state index contributed by atoms with van der Waals surface area (Å²) in [4.78, 5) is 28.8. The summed E-state index contributed by atoms with van der Waals surface area (Å²) < 4.78 is 8.23. The lowest BCUT2D eigenvalue weighted by Gasteiger charge is -2.14. The largest absolute Gasteiger partial charge is 0.309 e. The Morgan fingerprint density at radius 2 is 0.422 bits per heavy atom. The quantitative estimate of drug-likeness (QED) is 0.121. The van der Waals surface area contributed by atoms with E-state index in [9.17, 15) is 0 Å². The molecule has 0 fully saturated rings. The van der Waals surface area contributed by atoms with Gasteiger partial charge in [0.2, 0.25) is 11.2 Å². The Balaban J connectivity index is 0.000000107. The molecule has 0 saturated heterocycles. The minimum atomic E-state index is 0. The molecule has 0 unspecified atom stereocenters. The molecule has 0 amide bonds. The lowest BCUT2D eigenvalue weighted by atomic mass is 9.96. The van der Waals surface area contributed by atoms with E-state index in [1.807, 2.05) is 91.0 Å². The van der Waals surface area contributed by atoms with E-state index in [2.05, 4.69) is 469 Å². The number of nitrogens with zero attached hydrogens (tertiary/aromatic N) is 9. The fourth-order valence-corrected chi connectivity index (χ4v) is 21.7. The number of rotatable bonds is 12. The van der Waals surface area contributed by atoms with Crippen molar-refractivity contribution >= 4 is 92.9 Å². The summed E-state index contributed by atoms with van der Waals surface area (Å²) in [6.07, 6.45) is 3.19. The number of benzene rings is 21. The second kappa shape index (κ2) is 40.3. The Hall–Kier alpha value is -18.2. The van der Waals surface area contributed by atoms with Gasteiger partial charge in [-0.25, -0.2) is 9.97 Å². The zero-order chi connectivity index (χ0) is 97.3. The molecule has 147 heavy (non-hydrogen) atoms. The number of hydrogen-bond donors (Lipinski definition) is 0. The molecule has 0 atom stereocenters. The highest BCUT2D eigenvalue weighted by atomic mass is 79.9. The van der Waals surface area contributed by atoms with E-state index in [-0.39, 0.29) is 12.7 Å². The van der Waals surface area contributed by atoms with Gasteiger partial charge < -0.3 is 9.13 Å². The van der Waals surface area contributed by atoms with Crippen LogP contribution < -0.4 is 0 Å². The standard InChI is InChI=1S/C51H33N5.C31H21N.C21H14ClN3.C20H14.C12H9Br.CH4/c1-4-14-34(15-5-1)36-24-26-39(27-25-36)50-52-49(38-18-8-3-9-19-38)53-51(54-50)56-46-23-13-11-21-42(46)44-33-32-43-41-20-10-12-22-45(41)55(47(43)48(44)56)40-30-28-37(29-31-40)35-16-6-2-7-17-35;1-2-8-21(9-3-1)22-14-16-24(17-15-22)32-30-13-7-6-12-27(30)28-19-18-26-25-11-5-4-10-23(25)20-29(26)31(28)32;22-21-24-19(17-9-5-2-6-10-17)23-20(25-21)18-13-11-16(12-14-18)15-7-3-1-4-8-15;1-3-7-15-13(5-1)11-19-17(15)9-10-18-16-8-4-2-6-14(16)12-20(18)19;13-12-8-6-11(7-9-12)10-4-2-1-3-5-10;/h1-33H;1-19H,20H2;1-14H;1-10H,11-12H2;1-9H;1H4. The van der Waals surface area contributed by atoms with Gasteiger partial charge in [0.1, 0.15) is 0 Å². The third-order valence-corrected chi connectivity index (χ3v) is 29.0. The van der Waals surface area contributed by atoms with E-state index in [4.69, 9.17) is 26.6 Å². The first-order valence-corrected chi connectivity index (χ1v) is 50.5. The summed E-state index contributed by atoms with van der Waals surface area (Å²) in [7, 11) is 0. The van der Waals surface area contributed by atoms with Crippen LogP contribution in [-0.4, -0.2) is 43.6 Å². The maximum absolute atomic E-state index is 6.11. The van der Waals surface area contributed by atoms with Gasteiger partial charge in [0.05, 0.1) is 33.1 Å². The van der Waals surface area contributed by atoms with Gasteiger partial charge in [0.25, 0.3) is 0 Å². The molecule has 0 saturated carbocycles. The average molecular weight is 1970 g/mol. The highest BCUT2D eigenvalue weighted by molar-refractivity contribution is 9.10. The van der Waals surface area contributed by atoms with Gasteiger partial charge in [-0.3, -0.25) is 4.57 Å². The first-order valence-electron chi connectivity index (χ1n) is 49.4. The van der Waals surface area contributed by atoms with Crippen LogP contribution in [0, 0.1) is 0 Å². The molecular weight excluding hydrogens is 1870 g/mol. The molecule has 5 aromatic heterocycles. The summed E-state index contributed by atoms with van der Waals surface area (Å²) >= 11 is 9.53. The van der Waals surface area contributed by atoms with Crippen molar-refractivity contribution < 1.29 is 0 Å². The van der Waals surface area contributed by atoms with Crippen molar-refractivity contribution in [3.63, 3.8) is 0 Å². The van der Waals surface area contributed by atoms with Gasteiger partial charge in [-0.2, -0.15) is 19.9 Å². The second-order valence-corrected chi connectivity index (χ2v) is 38.1. The van der Waals surface area contributed by atoms with E-state index in [0.717, 1.165) is 95.6 Å². The first kappa shape index (κ1) is 91.3. The molecule has 9 nitrogen and oxygen atoms in total. The predicted molar refractivity (Wildman–Crippen MR) is 615 cm³/mol. The summed E-state index contributed by atoms with van der Waals surface area (Å²) in [5, 5.41) is 7.46. The maximum atomic E-state index is 6.11. The SMILES string of the molecule is Brc1ccc(-c2ccccc2)cc1.C.Clc1nc(-c2ccccc2)nc(-c2ccc(-c3ccccc3)cc2)n1.c1ccc(-c2ccc(-c3nc(-c4ccccc4)nc(-n4c5ccccc5c5ccc6c7ccccc7n(-c7ccc(-c8ccccc8)cc7)c6c54)n3)cc2)cc1.c1ccc(-c2ccc(-n3c4ccccc4c4ccc5c(c43)Cc3ccccc3-5)cc2)cc1.c1ccc2c(c1)Cc1c-2ccc2c1Cc1ccccc1-2. The van der Waals surface area contributed by atoms with Crippen LogP contribution in [0.5, 0.6) is 0 Å². The molecule has 11 heteroatoms. The lowest BCUT2D eigenvalue weighted by Crippen LogP contribution is -2.07. The molecule has 0 aliphatic heterocycles. The van der Waals surface area contributed by atoms with E-state index in [1.165, 1.54) is 138 Å². The molecule has 698 valence electrons. The molecule has 0 bridgehead atoms.